The van der Waals surface area contributed by atoms with Crippen molar-refractivity contribution >= 4 is 11.8 Å². The first-order valence-corrected chi connectivity index (χ1v) is 9.47. The van der Waals surface area contributed by atoms with Crippen LogP contribution in [0.2, 0.25) is 0 Å². The second kappa shape index (κ2) is 8.52. The molecule has 0 radical (unpaired) electrons. The zero-order valence-electron chi connectivity index (χ0n) is 16.2. The van der Waals surface area contributed by atoms with Gasteiger partial charge in [0.05, 0.1) is 13.2 Å². The fourth-order valence-electron chi connectivity index (χ4n) is 3.67. The third-order valence-electron chi connectivity index (χ3n) is 5.13. The van der Waals surface area contributed by atoms with Crippen LogP contribution in [0.5, 0.6) is 0 Å². The van der Waals surface area contributed by atoms with Crippen molar-refractivity contribution < 1.29 is 18.7 Å². The smallest absolute Gasteiger partial charge is 0.254 e. The first kappa shape index (κ1) is 20.0. The predicted molar refractivity (Wildman–Crippen MR) is 105 cm³/mol. The maximum absolute atomic E-state index is 13.3. The van der Waals surface area contributed by atoms with Crippen LogP contribution in [-0.2, 0) is 20.7 Å². The van der Waals surface area contributed by atoms with E-state index in [4.69, 9.17) is 4.74 Å². The van der Waals surface area contributed by atoms with Gasteiger partial charge in [-0.25, -0.2) is 4.39 Å². The van der Waals surface area contributed by atoms with Gasteiger partial charge in [0.25, 0.3) is 5.91 Å². The molecule has 148 valence electrons. The van der Waals surface area contributed by atoms with Gasteiger partial charge in [0.1, 0.15) is 5.82 Å². The Morgan fingerprint density at radius 2 is 1.89 bits per heavy atom. The van der Waals surface area contributed by atoms with E-state index in [-0.39, 0.29) is 24.2 Å². The molecule has 3 rings (SSSR count). The summed E-state index contributed by atoms with van der Waals surface area (Å²) in [6.07, 6.45) is 0.698. The highest BCUT2D eigenvalue weighted by Gasteiger charge is 2.44. The van der Waals surface area contributed by atoms with Crippen LogP contribution < -0.4 is 5.32 Å². The molecule has 28 heavy (non-hydrogen) atoms. The zero-order chi connectivity index (χ0) is 20.1. The molecule has 1 unspecified atom stereocenters. The van der Waals surface area contributed by atoms with Crippen molar-refractivity contribution in [1.29, 1.82) is 0 Å². The summed E-state index contributed by atoms with van der Waals surface area (Å²) in [5.41, 5.74) is 1.52. The SMILES string of the molecule is CCC(=O)N1CCOC(Cc2ccccc2-c2ccc(F)cc2)(C(=O)NC)C1. The van der Waals surface area contributed by atoms with Crippen LogP contribution >= 0.6 is 0 Å². The molecule has 2 amide bonds. The van der Waals surface area contributed by atoms with Crippen molar-refractivity contribution in [2.24, 2.45) is 0 Å². The number of benzene rings is 2. The van der Waals surface area contributed by atoms with Crippen LogP contribution in [0.25, 0.3) is 11.1 Å². The second-order valence-corrected chi connectivity index (χ2v) is 6.93. The molecular formula is C22H25FN2O3. The molecule has 0 spiro atoms. The second-order valence-electron chi connectivity index (χ2n) is 6.93. The lowest BCUT2D eigenvalue weighted by Gasteiger charge is -2.41. The van der Waals surface area contributed by atoms with Crippen molar-refractivity contribution in [3.8, 4) is 11.1 Å². The third kappa shape index (κ3) is 4.07. The van der Waals surface area contributed by atoms with Gasteiger partial charge >= 0.3 is 0 Å². The van der Waals surface area contributed by atoms with Gasteiger partial charge < -0.3 is 15.0 Å². The van der Waals surface area contributed by atoms with E-state index < -0.39 is 5.60 Å². The molecule has 1 aliphatic rings. The summed E-state index contributed by atoms with van der Waals surface area (Å²) in [7, 11) is 1.57. The van der Waals surface area contributed by atoms with Crippen molar-refractivity contribution in [3.05, 3.63) is 59.9 Å². The van der Waals surface area contributed by atoms with Crippen molar-refractivity contribution in [1.82, 2.24) is 10.2 Å². The molecule has 0 aromatic heterocycles. The van der Waals surface area contributed by atoms with Crippen LogP contribution in [0.1, 0.15) is 18.9 Å². The maximum Gasteiger partial charge on any atom is 0.254 e. The minimum absolute atomic E-state index is 0.00315. The van der Waals surface area contributed by atoms with Crippen LogP contribution in [0.4, 0.5) is 4.39 Å². The summed E-state index contributed by atoms with van der Waals surface area (Å²) in [5, 5.41) is 2.69. The maximum atomic E-state index is 13.3. The lowest BCUT2D eigenvalue weighted by Crippen LogP contribution is -2.61. The van der Waals surface area contributed by atoms with Gasteiger partial charge in [0.2, 0.25) is 5.91 Å². The van der Waals surface area contributed by atoms with Crippen LogP contribution in [0.15, 0.2) is 48.5 Å². The summed E-state index contributed by atoms with van der Waals surface area (Å²) in [6.45, 7) is 2.79. The molecule has 1 saturated heterocycles. The highest BCUT2D eigenvalue weighted by molar-refractivity contribution is 5.87. The van der Waals surface area contributed by atoms with E-state index in [2.05, 4.69) is 5.32 Å². The number of nitrogens with zero attached hydrogens (tertiary/aromatic N) is 1. The predicted octanol–water partition coefficient (Wildman–Crippen LogP) is 2.79. The quantitative estimate of drug-likeness (QED) is 0.862. The van der Waals surface area contributed by atoms with Gasteiger partial charge in [-0.05, 0) is 28.8 Å². The molecule has 0 bridgehead atoms. The molecule has 1 aliphatic heterocycles. The molecule has 0 aliphatic carbocycles. The van der Waals surface area contributed by atoms with E-state index in [1.54, 1.807) is 24.1 Å². The van der Waals surface area contributed by atoms with Gasteiger partial charge in [0.15, 0.2) is 5.60 Å². The van der Waals surface area contributed by atoms with Crippen molar-refractivity contribution in [2.45, 2.75) is 25.4 Å². The van der Waals surface area contributed by atoms with Gasteiger partial charge in [0, 0.05) is 26.4 Å². The summed E-state index contributed by atoms with van der Waals surface area (Å²) in [6, 6.07) is 14.0. The molecule has 1 atom stereocenters. The Morgan fingerprint density at radius 1 is 1.18 bits per heavy atom. The van der Waals surface area contributed by atoms with Gasteiger partial charge in [-0.2, -0.15) is 0 Å². The van der Waals surface area contributed by atoms with Crippen LogP contribution in [-0.4, -0.2) is 49.1 Å². The van der Waals surface area contributed by atoms with Crippen molar-refractivity contribution in [3.63, 3.8) is 0 Å². The number of halogens is 1. The van der Waals surface area contributed by atoms with E-state index >= 15 is 0 Å². The normalized spacial score (nSPS) is 19.3. The van der Waals surface area contributed by atoms with E-state index in [9.17, 15) is 14.0 Å². The number of hydrogen-bond acceptors (Lipinski definition) is 3. The van der Waals surface area contributed by atoms with Crippen LogP contribution in [0, 0.1) is 5.82 Å². The number of nitrogens with one attached hydrogen (secondary N) is 1. The van der Waals surface area contributed by atoms with E-state index in [0.717, 1.165) is 16.7 Å². The largest absolute Gasteiger partial charge is 0.361 e. The topological polar surface area (TPSA) is 58.6 Å². The number of rotatable bonds is 5. The first-order chi connectivity index (χ1) is 13.5. The fourth-order valence-corrected chi connectivity index (χ4v) is 3.67. The Kier molecular flexibility index (Phi) is 6.09. The van der Waals surface area contributed by atoms with E-state index in [1.807, 2.05) is 31.2 Å². The summed E-state index contributed by atoms with van der Waals surface area (Å²) in [5.74, 6) is -0.550. The molecule has 6 heteroatoms. The first-order valence-electron chi connectivity index (χ1n) is 9.47. The number of amides is 2. The standard InChI is InChI=1S/C22H25FN2O3/c1-3-20(26)25-12-13-28-22(15-25,21(27)24-2)14-17-6-4-5-7-19(17)16-8-10-18(23)11-9-16/h4-11H,3,12-15H2,1-2H3,(H,24,27). The average molecular weight is 384 g/mol. The number of ether oxygens (including phenoxy) is 1. The summed E-state index contributed by atoms with van der Waals surface area (Å²) in [4.78, 5) is 26.8. The minimum atomic E-state index is -1.16. The number of carbonyl (C=O) groups excluding carboxylic acids is 2. The molecule has 1 N–H and O–H groups in total. The fraction of sp³-hybridized carbons (Fsp3) is 0.364. The van der Waals surface area contributed by atoms with Gasteiger partial charge in [-0.15, -0.1) is 0 Å². The zero-order valence-corrected chi connectivity index (χ0v) is 16.2. The molecule has 2 aromatic carbocycles. The van der Waals surface area contributed by atoms with Gasteiger partial charge in [-0.3, -0.25) is 9.59 Å². The number of carbonyl (C=O) groups is 2. The highest BCUT2D eigenvalue weighted by Crippen LogP contribution is 2.30. The van der Waals surface area contributed by atoms with E-state index in [1.165, 1.54) is 12.1 Å². The number of morpholine rings is 1. The van der Waals surface area contributed by atoms with Gasteiger partial charge in [-0.1, -0.05) is 43.3 Å². The monoisotopic (exact) mass is 384 g/mol. The summed E-state index contributed by atoms with van der Waals surface area (Å²) >= 11 is 0. The average Bonchev–Trinajstić information content (AvgIpc) is 2.73. The highest BCUT2D eigenvalue weighted by atomic mass is 19.1. The van der Waals surface area contributed by atoms with E-state index in [0.29, 0.717) is 26.0 Å². The number of hydrogen-bond donors (Lipinski definition) is 1. The minimum Gasteiger partial charge on any atom is -0.361 e. The third-order valence-corrected chi connectivity index (χ3v) is 5.13. The number of likely N-dealkylation sites (N-methyl/N-ethyl adjacent to an activating group) is 1. The molecule has 2 aromatic rings. The molecule has 1 heterocycles. The lowest BCUT2D eigenvalue weighted by molar-refractivity contribution is -0.165. The molecule has 5 nitrogen and oxygen atoms in total. The lowest BCUT2D eigenvalue weighted by atomic mass is 9.87. The Hall–Kier alpha value is -2.73. The molecule has 0 saturated carbocycles. The van der Waals surface area contributed by atoms with Crippen LogP contribution in [0.3, 0.4) is 0 Å². The molecular weight excluding hydrogens is 359 g/mol. The Labute approximate surface area is 164 Å². The Morgan fingerprint density at radius 3 is 2.57 bits per heavy atom. The molecule has 1 fully saturated rings. The Balaban J connectivity index is 1.97. The van der Waals surface area contributed by atoms with Crippen molar-refractivity contribution in [2.75, 3.05) is 26.7 Å². The summed E-state index contributed by atoms with van der Waals surface area (Å²) < 4.78 is 19.3. The Bertz CT molecular complexity index is 853.